The van der Waals surface area contributed by atoms with E-state index in [-0.39, 0.29) is 11.9 Å². The van der Waals surface area contributed by atoms with Crippen molar-refractivity contribution in [1.82, 2.24) is 5.32 Å². The number of carbonyl (C=O) groups excluding carboxylic acids is 1. The van der Waals surface area contributed by atoms with Gasteiger partial charge in [-0.3, -0.25) is 4.79 Å². The van der Waals surface area contributed by atoms with Crippen molar-refractivity contribution in [1.29, 1.82) is 0 Å². The number of amides is 1. The van der Waals surface area contributed by atoms with Crippen LogP contribution in [0.25, 0.3) is 0 Å². The molecule has 1 fully saturated rings. The predicted octanol–water partition coefficient (Wildman–Crippen LogP) is 2.97. The molecule has 0 heterocycles. The molecule has 1 aliphatic rings. The normalized spacial score (nSPS) is 18.2. The Morgan fingerprint density at radius 2 is 2.11 bits per heavy atom. The summed E-state index contributed by atoms with van der Waals surface area (Å²) in [6.07, 6.45) is 2.47. The van der Waals surface area contributed by atoms with Crippen molar-refractivity contribution < 1.29 is 4.79 Å². The lowest BCUT2D eigenvalue weighted by atomic mass is 9.68. The number of halogens is 1. The Hall–Kier alpha value is -1.13. The first kappa shape index (κ1) is 14.3. The zero-order valence-corrected chi connectivity index (χ0v) is 12.4. The molecule has 0 aromatic heterocycles. The first-order valence-corrected chi connectivity index (χ1v) is 7.11. The Morgan fingerprint density at radius 1 is 1.47 bits per heavy atom. The largest absolute Gasteiger partial charge is 0.392 e. The van der Waals surface area contributed by atoms with Crippen LogP contribution < -0.4 is 11.1 Å². The minimum absolute atomic E-state index is 0.0846. The van der Waals surface area contributed by atoms with Gasteiger partial charge >= 0.3 is 0 Å². The number of benzene rings is 1. The van der Waals surface area contributed by atoms with Gasteiger partial charge in [0.15, 0.2) is 0 Å². The van der Waals surface area contributed by atoms with Gasteiger partial charge in [0.1, 0.15) is 0 Å². The summed E-state index contributed by atoms with van der Waals surface area (Å²) in [5.74, 6) is -0.0846. The van der Waals surface area contributed by atoms with Crippen LogP contribution in [0.15, 0.2) is 24.3 Å². The van der Waals surface area contributed by atoms with Crippen molar-refractivity contribution >= 4 is 34.7 Å². The van der Waals surface area contributed by atoms with Crippen molar-refractivity contribution in [2.45, 2.75) is 32.2 Å². The van der Waals surface area contributed by atoms with Crippen LogP contribution in [-0.4, -0.2) is 10.9 Å². The highest BCUT2D eigenvalue weighted by molar-refractivity contribution is 7.80. The lowest BCUT2D eigenvalue weighted by Gasteiger charge is -2.39. The summed E-state index contributed by atoms with van der Waals surface area (Å²) >= 11 is 11.2. The highest BCUT2D eigenvalue weighted by atomic mass is 35.5. The van der Waals surface area contributed by atoms with Crippen molar-refractivity contribution in [3.63, 3.8) is 0 Å². The van der Waals surface area contributed by atoms with Crippen LogP contribution in [0.3, 0.4) is 0 Å². The quantitative estimate of drug-likeness (QED) is 0.840. The second kappa shape index (κ2) is 5.47. The van der Waals surface area contributed by atoms with Crippen molar-refractivity contribution in [2.24, 2.45) is 11.1 Å². The molecule has 3 nitrogen and oxygen atoms in total. The summed E-state index contributed by atoms with van der Waals surface area (Å²) in [6.45, 7) is 1.91. The molecular weight excluding hydrogens is 280 g/mol. The molecule has 1 aromatic carbocycles. The molecule has 1 amide bonds. The van der Waals surface area contributed by atoms with Gasteiger partial charge in [0.05, 0.1) is 16.4 Å². The van der Waals surface area contributed by atoms with E-state index in [1.54, 1.807) is 0 Å². The fourth-order valence-electron chi connectivity index (χ4n) is 2.35. The molecule has 0 bridgehead atoms. The van der Waals surface area contributed by atoms with Gasteiger partial charge in [-0.25, -0.2) is 0 Å². The standard InChI is InChI=1S/C14H17ClN2OS/c1-9(10-5-2-3-6-11(10)15)17-13(18)14(12(16)19)7-4-8-14/h2-3,5-6,9H,4,7-8H2,1H3,(H2,16,19)(H,17,18). The predicted molar refractivity (Wildman–Crippen MR) is 81.1 cm³/mol. The third kappa shape index (κ3) is 2.60. The van der Waals surface area contributed by atoms with Crippen molar-refractivity contribution in [3.8, 4) is 0 Å². The number of carbonyl (C=O) groups is 1. The molecule has 0 radical (unpaired) electrons. The second-order valence-electron chi connectivity index (χ2n) is 5.02. The maximum atomic E-state index is 12.4. The van der Waals surface area contributed by atoms with Gasteiger partial charge in [-0.2, -0.15) is 0 Å². The Balaban J connectivity index is 2.11. The van der Waals surface area contributed by atoms with E-state index in [9.17, 15) is 4.79 Å². The molecule has 1 saturated carbocycles. The molecule has 102 valence electrons. The van der Waals surface area contributed by atoms with Gasteiger partial charge in [-0.1, -0.05) is 48.4 Å². The van der Waals surface area contributed by atoms with Crippen LogP contribution in [-0.2, 0) is 4.79 Å². The van der Waals surface area contributed by atoms with Gasteiger partial charge in [0.25, 0.3) is 0 Å². The number of nitrogens with one attached hydrogen (secondary N) is 1. The Labute approximate surface area is 123 Å². The van der Waals surface area contributed by atoms with Crippen molar-refractivity contribution in [2.75, 3.05) is 0 Å². The summed E-state index contributed by atoms with van der Waals surface area (Å²) in [7, 11) is 0. The minimum Gasteiger partial charge on any atom is -0.392 e. The number of thiocarbonyl (C=S) groups is 1. The third-order valence-electron chi connectivity index (χ3n) is 3.83. The van der Waals surface area contributed by atoms with Crippen molar-refractivity contribution in [3.05, 3.63) is 34.9 Å². The monoisotopic (exact) mass is 296 g/mol. The summed E-state index contributed by atoms with van der Waals surface area (Å²) in [6, 6.07) is 7.32. The topological polar surface area (TPSA) is 55.1 Å². The van der Waals surface area contributed by atoms with Crippen LogP contribution in [0, 0.1) is 5.41 Å². The fraction of sp³-hybridized carbons (Fsp3) is 0.429. The number of hydrogen-bond acceptors (Lipinski definition) is 2. The van der Waals surface area contributed by atoms with E-state index >= 15 is 0 Å². The summed E-state index contributed by atoms with van der Waals surface area (Å²) in [5, 5.41) is 3.62. The van der Waals surface area contributed by atoms with Gasteiger partial charge in [-0.05, 0) is 31.4 Å². The van der Waals surface area contributed by atoms with Gasteiger partial charge in [0, 0.05) is 5.02 Å². The zero-order valence-electron chi connectivity index (χ0n) is 10.8. The summed E-state index contributed by atoms with van der Waals surface area (Å²) in [5.41, 5.74) is 5.97. The molecule has 3 N–H and O–H groups in total. The molecule has 1 aliphatic carbocycles. The van der Waals surface area contributed by atoms with Crippen LogP contribution in [0.5, 0.6) is 0 Å². The fourth-order valence-corrected chi connectivity index (χ4v) is 2.95. The first-order valence-electron chi connectivity index (χ1n) is 6.33. The van der Waals surface area contributed by atoms with Crippen LogP contribution in [0.4, 0.5) is 0 Å². The second-order valence-corrected chi connectivity index (χ2v) is 5.86. The van der Waals surface area contributed by atoms with Gasteiger partial charge in [0.2, 0.25) is 5.91 Å². The highest BCUT2D eigenvalue weighted by Crippen LogP contribution is 2.42. The molecule has 0 spiro atoms. The Morgan fingerprint density at radius 3 is 2.58 bits per heavy atom. The zero-order chi connectivity index (χ0) is 14.0. The Kier molecular flexibility index (Phi) is 4.11. The smallest absolute Gasteiger partial charge is 0.233 e. The van der Waals surface area contributed by atoms with Gasteiger partial charge in [-0.15, -0.1) is 0 Å². The van der Waals surface area contributed by atoms with E-state index in [0.717, 1.165) is 24.8 Å². The van der Waals surface area contributed by atoms with Crippen LogP contribution in [0.2, 0.25) is 5.02 Å². The first-order chi connectivity index (χ1) is 8.97. The van der Waals surface area contributed by atoms with E-state index in [1.807, 2.05) is 31.2 Å². The molecule has 19 heavy (non-hydrogen) atoms. The SMILES string of the molecule is CC(NC(=O)C1(C(N)=S)CCC1)c1ccccc1Cl. The maximum absolute atomic E-state index is 12.4. The summed E-state index contributed by atoms with van der Waals surface area (Å²) < 4.78 is 0. The van der Waals surface area contributed by atoms with E-state index in [1.165, 1.54) is 0 Å². The van der Waals surface area contributed by atoms with E-state index in [2.05, 4.69) is 5.32 Å². The Bertz CT molecular complexity index is 514. The molecule has 1 aromatic rings. The number of nitrogens with two attached hydrogens (primary N) is 1. The number of hydrogen-bond donors (Lipinski definition) is 2. The van der Waals surface area contributed by atoms with Crippen LogP contribution >= 0.6 is 23.8 Å². The molecule has 1 atom stereocenters. The molecule has 0 saturated heterocycles. The maximum Gasteiger partial charge on any atom is 0.233 e. The highest BCUT2D eigenvalue weighted by Gasteiger charge is 2.47. The van der Waals surface area contributed by atoms with E-state index in [0.29, 0.717) is 10.0 Å². The van der Waals surface area contributed by atoms with Crippen LogP contribution in [0.1, 0.15) is 37.8 Å². The summed E-state index contributed by atoms with van der Waals surface area (Å²) in [4.78, 5) is 12.7. The molecule has 2 rings (SSSR count). The van der Waals surface area contributed by atoms with Gasteiger partial charge < -0.3 is 11.1 Å². The average Bonchev–Trinajstić information content (AvgIpc) is 2.26. The van der Waals surface area contributed by atoms with E-state index in [4.69, 9.17) is 29.6 Å². The molecular formula is C14H17ClN2OS. The number of rotatable bonds is 4. The molecule has 0 aliphatic heterocycles. The minimum atomic E-state index is -0.648. The molecule has 5 heteroatoms. The molecule has 1 unspecified atom stereocenters. The third-order valence-corrected chi connectivity index (χ3v) is 4.57. The lowest BCUT2D eigenvalue weighted by Crippen LogP contribution is -2.53. The average molecular weight is 297 g/mol. The lowest BCUT2D eigenvalue weighted by molar-refractivity contribution is -0.131. The van der Waals surface area contributed by atoms with E-state index < -0.39 is 5.41 Å².